The van der Waals surface area contributed by atoms with Crippen LogP contribution in [0.15, 0.2) is 29.3 Å². The number of hydrogen-bond donors (Lipinski definition) is 1. The summed E-state index contributed by atoms with van der Waals surface area (Å²) in [5.41, 5.74) is 1.82. The lowest BCUT2D eigenvalue weighted by Crippen LogP contribution is -2.41. The third-order valence-electron chi connectivity index (χ3n) is 5.38. The van der Waals surface area contributed by atoms with Gasteiger partial charge in [-0.2, -0.15) is 0 Å². The third-order valence-corrected chi connectivity index (χ3v) is 5.38. The molecule has 1 N–H and O–H groups in total. The average molecular weight is 500 g/mol. The second-order valence-electron chi connectivity index (χ2n) is 8.07. The van der Waals surface area contributed by atoms with Crippen molar-refractivity contribution in [2.75, 3.05) is 34.2 Å². The second-order valence-corrected chi connectivity index (χ2v) is 8.07. The number of nitrogens with one attached hydrogen (secondary N) is 1. The molecule has 6 heteroatoms. The van der Waals surface area contributed by atoms with Gasteiger partial charge < -0.3 is 15.1 Å². The van der Waals surface area contributed by atoms with Crippen molar-refractivity contribution < 1.29 is 4.79 Å². The predicted octanol–water partition coefficient (Wildman–Crippen LogP) is 4.23. The normalized spacial score (nSPS) is 19.5. The maximum Gasteiger partial charge on any atom is 0.253 e. The Morgan fingerprint density at radius 2 is 1.71 bits per heavy atom. The Kier molecular flexibility index (Phi) is 10.9. The van der Waals surface area contributed by atoms with Crippen molar-refractivity contribution in [3.8, 4) is 0 Å². The number of nitrogens with zero attached hydrogens (tertiary/aromatic N) is 3. The minimum Gasteiger partial charge on any atom is -0.357 e. The molecule has 0 radical (unpaired) electrons. The molecule has 0 aromatic heterocycles. The Labute approximate surface area is 188 Å². The lowest BCUT2D eigenvalue weighted by Gasteiger charge is -2.31. The first-order chi connectivity index (χ1) is 12.9. The lowest BCUT2D eigenvalue weighted by atomic mass is 9.83. The predicted molar refractivity (Wildman–Crippen MR) is 128 cm³/mol. The summed E-state index contributed by atoms with van der Waals surface area (Å²) in [7, 11) is 5.68. The molecule has 1 fully saturated rings. The molecule has 158 valence electrons. The molecule has 1 aliphatic carbocycles. The molecule has 0 aliphatic heterocycles. The molecule has 0 spiro atoms. The number of amides is 1. The molecule has 5 nitrogen and oxygen atoms in total. The van der Waals surface area contributed by atoms with Crippen LogP contribution in [-0.2, 0) is 6.54 Å². The van der Waals surface area contributed by atoms with Crippen molar-refractivity contribution >= 4 is 35.8 Å². The van der Waals surface area contributed by atoms with Crippen LogP contribution in [0.1, 0.15) is 55.5 Å². The molecule has 0 heterocycles. The van der Waals surface area contributed by atoms with Crippen molar-refractivity contribution in [3.63, 3.8) is 0 Å². The quantitative estimate of drug-likeness (QED) is 0.362. The van der Waals surface area contributed by atoms with Crippen LogP contribution in [0.25, 0.3) is 0 Å². The first kappa shape index (κ1) is 24.7. The van der Waals surface area contributed by atoms with Crippen LogP contribution in [0.3, 0.4) is 0 Å². The number of benzene rings is 1. The van der Waals surface area contributed by atoms with Gasteiger partial charge >= 0.3 is 0 Å². The first-order valence-corrected chi connectivity index (χ1v) is 10.2. The summed E-state index contributed by atoms with van der Waals surface area (Å²) in [6.45, 7) is 7.01. The van der Waals surface area contributed by atoms with Gasteiger partial charge in [0.05, 0.1) is 6.54 Å². The van der Waals surface area contributed by atoms with Gasteiger partial charge in [-0.25, -0.2) is 4.99 Å². The minimum absolute atomic E-state index is 0. The molecule has 0 saturated heterocycles. The van der Waals surface area contributed by atoms with Crippen molar-refractivity contribution in [1.29, 1.82) is 0 Å². The number of hydrogen-bond acceptors (Lipinski definition) is 2. The van der Waals surface area contributed by atoms with Crippen LogP contribution in [0.4, 0.5) is 0 Å². The summed E-state index contributed by atoms with van der Waals surface area (Å²) in [6.07, 6.45) is 5.35. The van der Waals surface area contributed by atoms with Gasteiger partial charge in [0.15, 0.2) is 5.96 Å². The molecular weight excluding hydrogens is 463 g/mol. The second kappa shape index (κ2) is 12.3. The van der Waals surface area contributed by atoms with Gasteiger partial charge in [0.1, 0.15) is 0 Å². The van der Waals surface area contributed by atoms with Crippen LogP contribution >= 0.6 is 24.0 Å². The fourth-order valence-corrected chi connectivity index (χ4v) is 3.63. The topological polar surface area (TPSA) is 47.9 Å². The van der Waals surface area contributed by atoms with Crippen LogP contribution in [0, 0.1) is 11.8 Å². The number of rotatable bonds is 6. The summed E-state index contributed by atoms with van der Waals surface area (Å²) < 4.78 is 0. The van der Waals surface area contributed by atoms with Gasteiger partial charge in [0.25, 0.3) is 5.91 Å². The van der Waals surface area contributed by atoms with E-state index in [9.17, 15) is 4.79 Å². The molecule has 2 rings (SSSR count). The maximum absolute atomic E-state index is 12.0. The van der Waals surface area contributed by atoms with Gasteiger partial charge in [0.2, 0.25) is 0 Å². The number of halogens is 1. The van der Waals surface area contributed by atoms with E-state index in [1.807, 2.05) is 24.3 Å². The van der Waals surface area contributed by atoms with Crippen molar-refractivity contribution in [1.82, 2.24) is 15.1 Å². The maximum atomic E-state index is 12.0. The Balaban J connectivity index is 0.00000392. The van der Waals surface area contributed by atoms with E-state index in [2.05, 4.69) is 31.1 Å². The fraction of sp³-hybridized carbons (Fsp3) is 0.636. The van der Waals surface area contributed by atoms with Crippen LogP contribution in [-0.4, -0.2) is 55.9 Å². The Morgan fingerprint density at radius 1 is 1.11 bits per heavy atom. The molecular formula is C22H37IN4O. The van der Waals surface area contributed by atoms with Gasteiger partial charge in [0, 0.05) is 39.8 Å². The molecule has 1 aliphatic rings. The third kappa shape index (κ3) is 7.60. The van der Waals surface area contributed by atoms with E-state index in [1.165, 1.54) is 25.7 Å². The Morgan fingerprint density at radius 3 is 2.25 bits per heavy atom. The van der Waals surface area contributed by atoms with E-state index in [-0.39, 0.29) is 29.9 Å². The Hall–Kier alpha value is -1.31. The highest BCUT2D eigenvalue weighted by molar-refractivity contribution is 14.0. The van der Waals surface area contributed by atoms with E-state index in [0.29, 0.717) is 12.1 Å². The highest BCUT2D eigenvalue weighted by Crippen LogP contribution is 2.28. The summed E-state index contributed by atoms with van der Waals surface area (Å²) in [4.78, 5) is 20.7. The van der Waals surface area contributed by atoms with Crippen molar-refractivity contribution in [2.24, 2.45) is 16.8 Å². The highest BCUT2D eigenvalue weighted by Gasteiger charge is 2.20. The molecule has 28 heavy (non-hydrogen) atoms. The summed E-state index contributed by atoms with van der Waals surface area (Å²) in [6, 6.07) is 7.75. The van der Waals surface area contributed by atoms with Gasteiger partial charge in [-0.05, 0) is 49.3 Å². The average Bonchev–Trinajstić information content (AvgIpc) is 2.66. The highest BCUT2D eigenvalue weighted by atomic mass is 127. The van der Waals surface area contributed by atoms with E-state index in [4.69, 9.17) is 4.99 Å². The molecule has 1 aromatic carbocycles. The standard InChI is InChI=1S/C22H36N4O.HI/c1-6-23-22(26(5)16-19-9-7-17(2)8-10-19)24-15-18-11-13-20(14-12-18)21(27)25(3)4;/h11-14,17,19H,6-10,15-16H2,1-5H3,(H,23,24);1H. The van der Waals surface area contributed by atoms with Gasteiger partial charge in [-0.15, -0.1) is 24.0 Å². The number of guanidine groups is 1. The van der Waals surface area contributed by atoms with Crippen LogP contribution < -0.4 is 5.32 Å². The van der Waals surface area contributed by atoms with E-state index in [0.717, 1.165) is 36.4 Å². The number of aliphatic imine (C=N–C) groups is 1. The van der Waals surface area contributed by atoms with Gasteiger partial charge in [-0.3, -0.25) is 4.79 Å². The Bertz CT molecular complexity index is 622. The SMILES string of the molecule is CCNC(=NCc1ccc(C(=O)N(C)C)cc1)N(C)CC1CCC(C)CC1.I. The zero-order chi connectivity index (χ0) is 19.8. The zero-order valence-electron chi connectivity index (χ0n) is 18.1. The summed E-state index contributed by atoms with van der Waals surface area (Å²) in [5.74, 6) is 2.65. The van der Waals surface area contributed by atoms with Crippen molar-refractivity contribution in [2.45, 2.75) is 46.1 Å². The van der Waals surface area contributed by atoms with E-state index < -0.39 is 0 Å². The van der Waals surface area contributed by atoms with Crippen molar-refractivity contribution in [3.05, 3.63) is 35.4 Å². The zero-order valence-corrected chi connectivity index (χ0v) is 20.4. The summed E-state index contributed by atoms with van der Waals surface area (Å²) in [5, 5.41) is 3.41. The first-order valence-electron chi connectivity index (χ1n) is 10.2. The molecule has 0 unspecified atom stereocenters. The van der Waals surface area contributed by atoms with Gasteiger partial charge in [-0.1, -0.05) is 31.9 Å². The molecule has 1 saturated carbocycles. The fourth-order valence-electron chi connectivity index (χ4n) is 3.63. The summed E-state index contributed by atoms with van der Waals surface area (Å²) >= 11 is 0. The minimum atomic E-state index is 0. The largest absolute Gasteiger partial charge is 0.357 e. The molecule has 0 bridgehead atoms. The number of carbonyl (C=O) groups is 1. The number of carbonyl (C=O) groups excluding carboxylic acids is 1. The van der Waals surface area contributed by atoms with E-state index >= 15 is 0 Å². The van der Waals surface area contributed by atoms with E-state index in [1.54, 1.807) is 19.0 Å². The molecule has 1 aromatic rings. The van der Waals surface area contributed by atoms with Crippen LogP contribution in [0.5, 0.6) is 0 Å². The molecule has 1 amide bonds. The lowest BCUT2D eigenvalue weighted by molar-refractivity contribution is 0.0827. The van der Waals surface area contributed by atoms with Crippen LogP contribution in [0.2, 0.25) is 0 Å². The molecule has 0 atom stereocenters. The smallest absolute Gasteiger partial charge is 0.253 e. The monoisotopic (exact) mass is 500 g/mol.